The third-order valence-electron chi connectivity index (χ3n) is 3.86. The summed E-state index contributed by atoms with van der Waals surface area (Å²) in [6, 6.07) is 15.7. The van der Waals surface area contributed by atoms with Crippen LogP contribution in [-0.4, -0.2) is 20.1 Å². The van der Waals surface area contributed by atoms with E-state index >= 15 is 0 Å². The Kier molecular flexibility index (Phi) is 4.43. The average Bonchev–Trinajstić information content (AvgIpc) is 2.51. The van der Waals surface area contributed by atoms with Crippen molar-refractivity contribution in [1.29, 1.82) is 0 Å². The van der Waals surface area contributed by atoms with Gasteiger partial charge in [0.15, 0.2) is 5.54 Å². The van der Waals surface area contributed by atoms with Gasteiger partial charge in [0.1, 0.15) is 0 Å². The fraction of sp³-hybridized carbons (Fsp3) is 0.278. The van der Waals surface area contributed by atoms with Crippen LogP contribution in [0.15, 0.2) is 48.5 Å². The molecule has 0 heterocycles. The highest BCUT2D eigenvalue weighted by atomic mass is 16.5. The number of rotatable bonds is 4. The van der Waals surface area contributed by atoms with Gasteiger partial charge in [0.2, 0.25) is 0 Å². The molecule has 3 heteroatoms. The first-order chi connectivity index (χ1) is 10.1. The van der Waals surface area contributed by atoms with E-state index in [2.05, 4.69) is 11.4 Å². The molecule has 0 amide bonds. The molecule has 1 N–H and O–H groups in total. The molecule has 0 spiro atoms. The normalized spacial score (nSPS) is 13.5. The monoisotopic (exact) mass is 283 g/mol. The van der Waals surface area contributed by atoms with E-state index in [0.717, 1.165) is 16.7 Å². The number of carbonyl (C=O) groups excluding carboxylic acids is 1. The molecule has 0 saturated heterocycles. The number of methoxy groups -OCH3 is 1. The summed E-state index contributed by atoms with van der Waals surface area (Å²) < 4.78 is 5.10. The molecule has 0 aliphatic carbocycles. The molecule has 0 aliphatic rings. The summed E-state index contributed by atoms with van der Waals surface area (Å²) in [6.07, 6.45) is 0. The Labute approximate surface area is 126 Å². The van der Waals surface area contributed by atoms with Gasteiger partial charge in [-0.25, -0.2) is 4.79 Å². The second kappa shape index (κ2) is 6.10. The number of esters is 1. The molecule has 0 aromatic heterocycles. The minimum absolute atomic E-state index is 0.317. The van der Waals surface area contributed by atoms with Crippen molar-refractivity contribution in [2.45, 2.75) is 19.4 Å². The van der Waals surface area contributed by atoms with Crippen molar-refractivity contribution in [3.05, 3.63) is 70.8 Å². The lowest BCUT2D eigenvalue weighted by Crippen LogP contribution is -2.49. The highest BCUT2D eigenvalue weighted by molar-refractivity contribution is 5.87. The van der Waals surface area contributed by atoms with Crippen LogP contribution in [0.3, 0.4) is 0 Å². The van der Waals surface area contributed by atoms with Crippen LogP contribution in [0.2, 0.25) is 0 Å². The molecule has 0 saturated carbocycles. The van der Waals surface area contributed by atoms with E-state index in [-0.39, 0.29) is 5.97 Å². The molecule has 21 heavy (non-hydrogen) atoms. The average molecular weight is 283 g/mol. The summed E-state index contributed by atoms with van der Waals surface area (Å²) >= 11 is 0. The minimum Gasteiger partial charge on any atom is -0.467 e. The first-order valence-corrected chi connectivity index (χ1v) is 6.97. The molecular weight excluding hydrogens is 262 g/mol. The van der Waals surface area contributed by atoms with Crippen molar-refractivity contribution in [2.75, 3.05) is 14.2 Å². The first kappa shape index (κ1) is 15.3. The van der Waals surface area contributed by atoms with Gasteiger partial charge in [0.05, 0.1) is 7.11 Å². The van der Waals surface area contributed by atoms with Crippen LogP contribution in [0.4, 0.5) is 0 Å². The number of benzene rings is 2. The third kappa shape index (κ3) is 2.57. The van der Waals surface area contributed by atoms with Gasteiger partial charge in [-0.1, -0.05) is 54.1 Å². The van der Waals surface area contributed by atoms with Crippen LogP contribution in [0.5, 0.6) is 0 Å². The number of aryl methyl sites for hydroxylation is 2. The fourth-order valence-corrected chi connectivity index (χ4v) is 2.84. The maximum absolute atomic E-state index is 12.6. The number of nitrogens with one attached hydrogen (secondary N) is 1. The largest absolute Gasteiger partial charge is 0.467 e. The second-order valence-corrected chi connectivity index (χ2v) is 5.18. The molecule has 0 radical (unpaired) electrons. The molecule has 2 aromatic carbocycles. The van der Waals surface area contributed by atoms with E-state index in [1.54, 1.807) is 7.05 Å². The standard InChI is InChI=1S/C18H21NO2/c1-13-10-11-16(14(2)12-13)18(19-3,17(20)21-4)15-8-6-5-7-9-15/h5-12,19H,1-4H3. The number of hydrogen-bond acceptors (Lipinski definition) is 3. The Balaban J connectivity index is 2.74. The van der Waals surface area contributed by atoms with Crippen LogP contribution in [0.1, 0.15) is 22.3 Å². The van der Waals surface area contributed by atoms with Crippen LogP contribution >= 0.6 is 0 Å². The van der Waals surface area contributed by atoms with Crippen molar-refractivity contribution < 1.29 is 9.53 Å². The van der Waals surface area contributed by atoms with Crippen molar-refractivity contribution in [3.8, 4) is 0 Å². The lowest BCUT2D eigenvalue weighted by atomic mass is 9.80. The fourth-order valence-electron chi connectivity index (χ4n) is 2.84. The van der Waals surface area contributed by atoms with Gasteiger partial charge in [-0.2, -0.15) is 0 Å². The molecule has 2 rings (SSSR count). The predicted molar refractivity (Wildman–Crippen MR) is 84.2 cm³/mol. The van der Waals surface area contributed by atoms with E-state index in [4.69, 9.17) is 4.74 Å². The molecule has 110 valence electrons. The Morgan fingerprint density at radius 3 is 2.29 bits per heavy atom. The number of ether oxygens (including phenoxy) is 1. The maximum atomic E-state index is 12.6. The zero-order chi connectivity index (χ0) is 15.5. The maximum Gasteiger partial charge on any atom is 0.335 e. The zero-order valence-electron chi connectivity index (χ0n) is 12.9. The first-order valence-electron chi connectivity index (χ1n) is 6.97. The minimum atomic E-state index is -0.992. The molecule has 1 atom stereocenters. The molecule has 3 nitrogen and oxygen atoms in total. The number of carbonyl (C=O) groups is 1. The molecule has 0 bridgehead atoms. The van der Waals surface area contributed by atoms with E-state index in [0.29, 0.717) is 0 Å². The smallest absolute Gasteiger partial charge is 0.335 e. The highest BCUT2D eigenvalue weighted by Gasteiger charge is 2.42. The summed E-state index contributed by atoms with van der Waals surface area (Å²) in [7, 11) is 3.20. The van der Waals surface area contributed by atoms with Crippen molar-refractivity contribution in [2.24, 2.45) is 0 Å². The summed E-state index contributed by atoms with van der Waals surface area (Å²) in [4.78, 5) is 12.6. The van der Waals surface area contributed by atoms with Crippen molar-refractivity contribution in [3.63, 3.8) is 0 Å². The van der Waals surface area contributed by atoms with Gasteiger partial charge >= 0.3 is 5.97 Å². The summed E-state index contributed by atoms with van der Waals surface area (Å²) in [6.45, 7) is 4.05. The molecule has 0 fully saturated rings. The Morgan fingerprint density at radius 2 is 1.76 bits per heavy atom. The molecule has 1 unspecified atom stereocenters. The summed E-state index contributed by atoms with van der Waals surface area (Å²) in [5.74, 6) is -0.317. The second-order valence-electron chi connectivity index (χ2n) is 5.18. The van der Waals surface area contributed by atoms with Crippen molar-refractivity contribution >= 4 is 5.97 Å². The molecular formula is C18H21NO2. The predicted octanol–water partition coefficient (Wildman–Crippen LogP) is 2.94. The van der Waals surface area contributed by atoms with Gasteiger partial charge in [-0.3, -0.25) is 5.32 Å². The van der Waals surface area contributed by atoms with E-state index < -0.39 is 5.54 Å². The van der Waals surface area contributed by atoms with E-state index in [9.17, 15) is 4.79 Å². The Hall–Kier alpha value is -2.13. The third-order valence-corrected chi connectivity index (χ3v) is 3.86. The Bertz CT molecular complexity index is 637. The Morgan fingerprint density at radius 1 is 1.10 bits per heavy atom. The molecule has 0 aliphatic heterocycles. The lowest BCUT2D eigenvalue weighted by Gasteiger charge is -2.33. The van der Waals surface area contributed by atoms with E-state index in [1.165, 1.54) is 12.7 Å². The van der Waals surface area contributed by atoms with Crippen molar-refractivity contribution in [1.82, 2.24) is 5.32 Å². The summed E-state index contributed by atoms with van der Waals surface area (Å²) in [5.41, 5.74) is 3.01. The number of hydrogen-bond donors (Lipinski definition) is 1. The van der Waals surface area contributed by atoms with E-state index in [1.807, 2.05) is 56.3 Å². The van der Waals surface area contributed by atoms with Crippen LogP contribution in [0.25, 0.3) is 0 Å². The highest BCUT2D eigenvalue weighted by Crippen LogP contribution is 2.33. The van der Waals surface area contributed by atoms with Crippen LogP contribution in [0, 0.1) is 13.8 Å². The SMILES string of the molecule is CNC(C(=O)OC)(c1ccccc1)c1ccc(C)cc1C. The van der Waals surface area contributed by atoms with Crippen LogP contribution < -0.4 is 5.32 Å². The number of likely N-dealkylation sites (N-methyl/N-ethyl adjacent to an activating group) is 1. The summed E-state index contributed by atoms with van der Waals surface area (Å²) in [5, 5.41) is 3.18. The van der Waals surface area contributed by atoms with Gasteiger partial charge in [0.25, 0.3) is 0 Å². The zero-order valence-corrected chi connectivity index (χ0v) is 12.9. The van der Waals surface area contributed by atoms with Crippen LogP contribution in [-0.2, 0) is 15.1 Å². The topological polar surface area (TPSA) is 38.3 Å². The van der Waals surface area contributed by atoms with Gasteiger partial charge in [-0.15, -0.1) is 0 Å². The van der Waals surface area contributed by atoms with Gasteiger partial charge in [0, 0.05) is 0 Å². The quantitative estimate of drug-likeness (QED) is 0.877. The van der Waals surface area contributed by atoms with Gasteiger partial charge < -0.3 is 4.74 Å². The lowest BCUT2D eigenvalue weighted by molar-refractivity contribution is -0.147. The molecule has 2 aromatic rings. The van der Waals surface area contributed by atoms with Gasteiger partial charge in [-0.05, 0) is 37.6 Å².